The summed E-state index contributed by atoms with van der Waals surface area (Å²) in [6.07, 6.45) is 1.05. The largest absolute Gasteiger partial charge is 0.480 e. The minimum absolute atomic E-state index is 0.330. The van der Waals surface area contributed by atoms with Crippen molar-refractivity contribution in [1.82, 2.24) is 10.2 Å². The molecular formula is C8H10N2O4. The molecule has 1 saturated heterocycles. The highest BCUT2D eigenvalue weighted by Crippen LogP contribution is 2.01. The van der Waals surface area contributed by atoms with E-state index >= 15 is 0 Å². The fourth-order valence-electron chi connectivity index (χ4n) is 1.27. The number of nitrogens with zero attached hydrogens (tertiary/aromatic N) is 1. The first kappa shape index (κ1) is 10.4. The van der Waals surface area contributed by atoms with Crippen LogP contribution >= 0.6 is 0 Å². The summed E-state index contributed by atoms with van der Waals surface area (Å²) in [6.45, 7) is 0.486. The van der Waals surface area contributed by atoms with Crippen LogP contribution in [0.4, 0.5) is 0 Å². The van der Waals surface area contributed by atoms with E-state index in [1.54, 1.807) is 0 Å². The van der Waals surface area contributed by atoms with Gasteiger partial charge in [0, 0.05) is 19.2 Å². The van der Waals surface area contributed by atoms with E-state index < -0.39 is 17.9 Å². The summed E-state index contributed by atoms with van der Waals surface area (Å²) in [5, 5.41) is 11.3. The van der Waals surface area contributed by atoms with E-state index in [2.05, 4.69) is 5.32 Å². The van der Waals surface area contributed by atoms with Gasteiger partial charge in [0.05, 0.1) is 0 Å². The molecule has 2 N–H and O–H groups in total. The van der Waals surface area contributed by atoms with Crippen molar-refractivity contribution >= 4 is 17.8 Å². The molecule has 6 nitrogen and oxygen atoms in total. The summed E-state index contributed by atoms with van der Waals surface area (Å²) in [7, 11) is 0. The number of hydrogen-bond acceptors (Lipinski definition) is 4. The second kappa shape index (κ2) is 4.55. The lowest BCUT2D eigenvalue weighted by atomic mass is 10.2. The molecule has 1 amide bonds. The molecule has 76 valence electrons. The van der Waals surface area contributed by atoms with Gasteiger partial charge in [-0.25, -0.2) is 4.79 Å². The second-order valence-electron chi connectivity index (χ2n) is 2.87. The first-order chi connectivity index (χ1) is 6.65. The Morgan fingerprint density at radius 2 is 2.50 bits per heavy atom. The number of piperazine rings is 1. The SMILES string of the molecule is O=C=CC1NCCN(CC(=O)O)C1=O. The molecule has 0 aliphatic carbocycles. The number of carboxylic acids is 1. The topological polar surface area (TPSA) is 86.7 Å². The zero-order chi connectivity index (χ0) is 10.6. The minimum Gasteiger partial charge on any atom is -0.480 e. The summed E-state index contributed by atoms with van der Waals surface area (Å²) >= 11 is 0. The van der Waals surface area contributed by atoms with Gasteiger partial charge >= 0.3 is 5.97 Å². The van der Waals surface area contributed by atoms with E-state index in [0.29, 0.717) is 13.1 Å². The van der Waals surface area contributed by atoms with E-state index in [4.69, 9.17) is 5.11 Å². The summed E-state index contributed by atoms with van der Waals surface area (Å²) in [6, 6.07) is -0.736. The first-order valence-corrected chi connectivity index (χ1v) is 4.10. The Hall–Kier alpha value is -1.65. The Morgan fingerprint density at radius 1 is 1.79 bits per heavy atom. The molecule has 0 spiro atoms. The van der Waals surface area contributed by atoms with Gasteiger partial charge in [-0.3, -0.25) is 9.59 Å². The molecule has 0 aromatic heterocycles. The van der Waals surface area contributed by atoms with Crippen LogP contribution in [0.25, 0.3) is 0 Å². The monoisotopic (exact) mass is 198 g/mol. The molecule has 1 fully saturated rings. The number of carboxylic acid groups (broad SMARTS) is 1. The number of hydrogen-bond donors (Lipinski definition) is 2. The van der Waals surface area contributed by atoms with Gasteiger partial charge in [-0.05, 0) is 0 Å². The van der Waals surface area contributed by atoms with Crippen molar-refractivity contribution in [3.05, 3.63) is 6.08 Å². The lowest BCUT2D eigenvalue weighted by Crippen LogP contribution is -2.55. The van der Waals surface area contributed by atoms with E-state index in [1.165, 1.54) is 10.8 Å². The van der Waals surface area contributed by atoms with Gasteiger partial charge in [-0.2, -0.15) is 0 Å². The van der Waals surface area contributed by atoms with Crippen molar-refractivity contribution in [2.24, 2.45) is 0 Å². The van der Waals surface area contributed by atoms with Crippen LogP contribution in [-0.2, 0) is 14.4 Å². The fraction of sp³-hybridized carbons (Fsp3) is 0.500. The predicted octanol–water partition coefficient (Wildman–Crippen LogP) is -1.74. The molecule has 1 aliphatic heterocycles. The highest BCUT2D eigenvalue weighted by molar-refractivity contribution is 5.88. The molecule has 0 saturated carbocycles. The van der Waals surface area contributed by atoms with Gasteiger partial charge in [0.1, 0.15) is 18.5 Å². The minimum atomic E-state index is -1.06. The van der Waals surface area contributed by atoms with Crippen molar-refractivity contribution in [3.8, 4) is 0 Å². The number of aliphatic carboxylic acids is 1. The summed E-state index contributed by atoms with van der Waals surface area (Å²) < 4.78 is 0. The molecule has 0 aromatic carbocycles. The lowest BCUT2D eigenvalue weighted by Gasteiger charge is -2.29. The average Bonchev–Trinajstić information content (AvgIpc) is 2.11. The standard InChI is InChI=1S/C8H10N2O4/c11-4-1-6-8(14)10(3-2-9-6)5-7(12)13/h1,6,9H,2-3,5H2,(H,12,13). The smallest absolute Gasteiger partial charge is 0.323 e. The molecule has 1 atom stereocenters. The lowest BCUT2D eigenvalue weighted by molar-refractivity contribution is -0.145. The van der Waals surface area contributed by atoms with Gasteiger partial charge < -0.3 is 15.3 Å². The fourth-order valence-corrected chi connectivity index (χ4v) is 1.27. The Bertz CT molecular complexity index is 296. The zero-order valence-corrected chi connectivity index (χ0v) is 7.40. The highest BCUT2D eigenvalue weighted by Gasteiger charge is 2.27. The molecular weight excluding hydrogens is 188 g/mol. The Morgan fingerprint density at radius 3 is 3.07 bits per heavy atom. The van der Waals surface area contributed by atoms with Crippen molar-refractivity contribution in [3.63, 3.8) is 0 Å². The third-order valence-corrected chi connectivity index (χ3v) is 1.88. The maximum atomic E-state index is 11.4. The third kappa shape index (κ3) is 2.42. The number of nitrogens with one attached hydrogen (secondary N) is 1. The number of carbonyl (C=O) groups excluding carboxylic acids is 2. The number of carbonyl (C=O) groups is 2. The molecule has 0 radical (unpaired) electrons. The molecule has 1 aliphatic rings. The van der Waals surface area contributed by atoms with Crippen LogP contribution < -0.4 is 5.32 Å². The van der Waals surface area contributed by atoms with Crippen LogP contribution in [0.2, 0.25) is 0 Å². The van der Waals surface area contributed by atoms with Crippen LogP contribution in [0.15, 0.2) is 6.08 Å². The van der Waals surface area contributed by atoms with Gasteiger partial charge in [0.15, 0.2) is 0 Å². The second-order valence-corrected chi connectivity index (χ2v) is 2.87. The first-order valence-electron chi connectivity index (χ1n) is 4.10. The average molecular weight is 198 g/mol. The van der Waals surface area contributed by atoms with E-state index in [-0.39, 0.29) is 6.54 Å². The summed E-state index contributed by atoms with van der Waals surface area (Å²) in [5.41, 5.74) is 0. The molecule has 0 bridgehead atoms. The highest BCUT2D eigenvalue weighted by atomic mass is 16.4. The Balaban J connectivity index is 2.65. The molecule has 1 unspecified atom stereocenters. The van der Waals surface area contributed by atoms with Crippen molar-refractivity contribution in [2.75, 3.05) is 19.6 Å². The predicted molar refractivity (Wildman–Crippen MR) is 46.3 cm³/mol. The van der Waals surface area contributed by atoms with Gasteiger partial charge in [0.25, 0.3) is 0 Å². The van der Waals surface area contributed by atoms with Gasteiger partial charge in [-0.1, -0.05) is 0 Å². The van der Waals surface area contributed by atoms with Gasteiger partial charge in [-0.15, -0.1) is 0 Å². The third-order valence-electron chi connectivity index (χ3n) is 1.88. The summed E-state index contributed by atoms with van der Waals surface area (Å²) in [4.78, 5) is 33.0. The van der Waals surface area contributed by atoms with E-state index in [1.807, 2.05) is 0 Å². The number of amides is 1. The zero-order valence-electron chi connectivity index (χ0n) is 7.40. The quantitative estimate of drug-likeness (QED) is 0.526. The van der Waals surface area contributed by atoms with Crippen LogP contribution in [0.3, 0.4) is 0 Å². The molecule has 1 rings (SSSR count). The van der Waals surface area contributed by atoms with Crippen LogP contribution in [0.5, 0.6) is 0 Å². The van der Waals surface area contributed by atoms with Crippen LogP contribution in [-0.4, -0.2) is 53.5 Å². The van der Waals surface area contributed by atoms with Crippen molar-refractivity contribution in [1.29, 1.82) is 0 Å². The van der Waals surface area contributed by atoms with E-state index in [0.717, 1.165) is 6.08 Å². The molecule has 1 heterocycles. The van der Waals surface area contributed by atoms with E-state index in [9.17, 15) is 14.4 Å². The van der Waals surface area contributed by atoms with Crippen molar-refractivity contribution in [2.45, 2.75) is 6.04 Å². The maximum absolute atomic E-state index is 11.4. The summed E-state index contributed by atoms with van der Waals surface area (Å²) in [5.74, 6) is 0.0473. The van der Waals surface area contributed by atoms with Gasteiger partial charge in [0.2, 0.25) is 5.91 Å². The molecule has 6 heteroatoms. The van der Waals surface area contributed by atoms with Crippen LogP contribution in [0.1, 0.15) is 0 Å². The number of rotatable bonds is 3. The Labute approximate surface area is 80.2 Å². The van der Waals surface area contributed by atoms with Crippen LogP contribution in [0, 0.1) is 0 Å². The Kier molecular flexibility index (Phi) is 3.39. The molecule has 14 heavy (non-hydrogen) atoms. The van der Waals surface area contributed by atoms with Crippen molar-refractivity contribution < 1.29 is 19.5 Å². The normalized spacial score (nSPS) is 21.6. The maximum Gasteiger partial charge on any atom is 0.323 e. The molecule has 0 aromatic rings.